The molecule has 9 rings (SSSR count). The third-order valence-electron chi connectivity index (χ3n) is 8.56. The summed E-state index contributed by atoms with van der Waals surface area (Å²) in [6, 6.07) is 41.5. The highest BCUT2D eigenvalue weighted by molar-refractivity contribution is 6.23. The minimum absolute atomic E-state index is 0.705. The highest BCUT2D eigenvalue weighted by Gasteiger charge is 2.23. The Labute approximate surface area is 253 Å². The van der Waals surface area contributed by atoms with Gasteiger partial charge in [-0.2, -0.15) is 0 Å². The Morgan fingerprint density at radius 2 is 1.20 bits per heavy atom. The van der Waals surface area contributed by atoms with Crippen molar-refractivity contribution in [2.75, 3.05) is 0 Å². The van der Waals surface area contributed by atoms with Crippen molar-refractivity contribution in [3.63, 3.8) is 0 Å². The molecule has 208 valence electrons. The first kappa shape index (κ1) is 24.8. The zero-order valence-electron chi connectivity index (χ0n) is 23.8. The standard InChI is InChI=1S/C40H26N2O2/c1-3-11-26(12-4-1)32-24-33(42-40(41-32)28-13-5-2-6-14-28)27-21-19-25(20-22-27)31-23-36-37(29-15-7-9-17-34(29)43-36)38-30-16-8-10-18-35(30)44-39(31)38/h1-8,10-16,18-24H,9,17H2. The summed E-state index contributed by atoms with van der Waals surface area (Å²) in [6.45, 7) is 0. The van der Waals surface area contributed by atoms with Crippen molar-refractivity contribution in [1.29, 1.82) is 0 Å². The van der Waals surface area contributed by atoms with Crippen LogP contribution in [0.15, 0.2) is 136 Å². The summed E-state index contributed by atoms with van der Waals surface area (Å²) in [7, 11) is 0. The molecule has 0 unspecified atom stereocenters. The molecule has 0 N–H and O–H groups in total. The van der Waals surface area contributed by atoms with E-state index in [1.165, 1.54) is 5.56 Å². The number of para-hydroxylation sites is 1. The molecule has 0 fully saturated rings. The van der Waals surface area contributed by atoms with E-state index in [1.807, 2.05) is 60.7 Å². The number of hydrogen-bond donors (Lipinski definition) is 0. The molecule has 4 heteroatoms. The van der Waals surface area contributed by atoms with Crippen molar-refractivity contribution in [2.45, 2.75) is 12.8 Å². The third kappa shape index (κ3) is 3.99. The lowest BCUT2D eigenvalue weighted by atomic mass is 9.95. The number of furan rings is 2. The number of rotatable bonds is 4. The highest BCUT2D eigenvalue weighted by atomic mass is 16.3. The van der Waals surface area contributed by atoms with Crippen LogP contribution in [0.25, 0.3) is 84.0 Å². The quantitative estimate of drug-likeness (QED) is 0.213. The molecule has 3 heterocycles. The van der Waals surface area contributed by atoms with Crippen LogP contribution in [0, 0.1) is 0 Å². The molecule has 0 amide bonds. The number of nitrogens with zero attached hydrogens (tertiary/aromatic N) is 2. The maximum absolute atomic E-state index is 6.56. The molecular weight excluding hydrogens is 540 g/mol. The van der Waals surface area contributed by atoms with Crippen LogP contribution in [0.5, 0.6) is 0 Å². The van der Waals surface area contributed by atoms with E-state index < -0.39 is 0 Å². The minimum atomic E-state index is 0.705. The van der Waals surface area contributed by atoms with Gasteiger partial charge >= 0.3 is 0 Å². The molecule has 0 atom stereocenters. The molecule has 0 bridgehead atoms. The van der Waals surface area contributed by atoms with Gasteiger partial charge in [0.25, 0.3) is 0 Å². The van der Waals surface area contributed by atoms with E-state index in [4.69, 9.17) is 18.8 Å². The fraction of sp³-hybridized carbons (Fsp3) is 0.0500. The van der Waals surface area contributed by atoms with Crippen molar-refractivity contribution >= 4 is 39.0 Å². The first-order valence-corrected chi connectivity index (χ1v) is 15.0. The predicted octanol–water partition coefficient (Wildman–Crippen LogP) is 10.7. The van der Waals surface area contributed by atoms with Gasteiger partial charge in [0.05, 0.1) is 11.4 Å². The van der Waals surface area contributed by atoms with E-state index in [1.54, 1.807) is 0 Å². The van der Waals surface area contributed by atoms with Crippen LogP contribution in [0.2, 0.25) is 0 Å². The highest BCUT2D eigenvalue weighted by Crippen LogP contribution is 2.45. The normalized spacial score (nSPS) is 12.7. The molecule has 44 heavy (non-hydrogen) atoms. The van der Waals surface area contributed by atoms with Crippen molar-refractivity contribution in [1.82, 2.24) is 9.97 Å². The number of benzene rings is 5. The zero-order valence-corrected chi connectivity index (χ0v) is 23.8. The number of hydrogen-bond acceptors (Lipinski definition) is 4. The summed E-state index contributed by atoms with van der Waals surface area (Å²) in [5.74, 6) is 1.75. The average molecular weight is 567 g/mol. The lowest BCUT2D eigenvalue weighted by Crippen LogP contribution is -1.95. The van der Waals surface area contributed by atoms with Gasteiger partial charge in [-0.1, -0.05) is 115 Å². The predicted molar refractivity (Wildman–Crippen MR) is 178 cm³/mol. The summed E-state index contributed by atoms with van der Waals surface area (Å²) < 4.78 is 13.0. The van der Waals surface area contributed by atoms with E-state index >= 15 is 0 Å². The van der Waals surface area contributed by atoms with Crippen LogP contribution in [0.1, 0.15) is 17.7 Å². The molecule has 0 saturated heterocycles. The van der Waals surface area contributed by atoms with E-state index in [2.05, 4.69) is 72.8 Å². The Morgan fingerprint density at radius 1 is 0.545 bits per heavy atom. The van der Waals surface area contributed by atoms with Crippen LogP contribution >= 0.6 is 0 Å². The van der Waals surface area contributed by atoms with Gasteiger partial charge in [0.1, 0.15) is 22.5 Å². The molecule has 0 spiro atoms. The van der Waals surface area contributed by atoms with Crippen molar-refractivity contribution in [3.05, 3.63) is 139 Å². The number of aromatic nitrogens is 2. The van der Waals surface area contributed by atoms with Crippen LogP contribution < -0.4 is 0 Å². The first-order valence-electron chi connectivity index (χ1n) is 15.0. The van der Waals surface area contributed by atoms with Gasteiger partial charge in [0, 0.05) is 50.4 Å². The monoisotopic (exact) mass is 566 g/mol. The fourth-order valence-electron chi connectivity index (χ4n) is 6.43. The summed E-state index contributed by atoms with van der Waals surface area (Å²) in [4.78, 5) is 9.94. The minimum Gasteiger partial charge on any atom is -0.460 e. The number of fused-ring (bicyclic) bond motifs is 7. The molecule has 4 nitrogen and oxygen atoms in total. The first-order chi connectivity index (χ1) is 21.8. The Morgan fingerprint density at radius 3 is 1.98 bits per heavy atom. The molecule has 3 aromatic heterocycles. The molecule has 0 radical (unpaired) electrons. The zero-order chi connectivity index (χ0) is 29.0. The maximum atomic E-state index is 6.56. The molecular formula is C40H26N2O2. The smallest absolute Gasteiger partial charge is 0.160 e. The van der Waals surface area contributed by atoms with Gasteiger partial charge in [-0.25, -0.2) is 9.97 Å². The Kier molecular flexibility index (Phi) is 5.60. The molecule has 0 saturated carbocycles. The topological polar surface area (TPSA) is 52.1 Å². The second-order valence-corrected chi connectivity index (χ2v) is 11.3. The summed E-state index contributed by atoms with van der Waals surface area (Å²) >= 11 is 0. The lowest BCUT2D eigenvalue weighted by molar-refractivity contribution is 0.546. The van der Waals surface area contributed by atoms with Gasteiger partial charge < -0.3 is 8.83 Å². The van der Waals surface area contributed by atoms with Gasteiger partial charge in [-0.15, -0.1) is 0 Å². The third-order valence-corrected chi connectivity index (χ3v) is 8.56. The average Bonchev–Trinajstić information content (AvgIpc) is 3.67. The van der Waals surface area contributed by atoms with E-state index in [-0.39, 0.29) is 0 Å². The Bertz CT molecular complexity index is 2310. The fourth-order valence-corrected chi connectivity index (χ4v) is 6.43. The SMILES string of the molecule is C1=Cc2c(oc3cc(-c4ccc(-c5cc(-c6ccccc6)nc(-c6ccccc6)n5)cc4)c4oc5ccccc5c4c23)CC1. The second-order valence-electron chi connectivity index (χ2n) is 11.3. The van der Waals surface area contributed by atoms with Gasteiger partial charge in [-0.05, 0) is 30.2 Å². The number of allylic oxidation sites excluding steroid dienone is 1. The lowest BCUT2D eigenvalue weighted by Gasteiger charge is -2.10. The molecule has 1 aliphatic rings. The van der Waals surface area contributed by atoms with Crippen LogP contribution in [0.3, 0.4) is 0 Å². The summed E-state index contributed by atoms with van der Waals surface area (Å²) in [5, 5.41) is 3.36. The Balaban J connectivity index is 1.21. The molecule has 1 aliphatic carbocycles. The molecule has 8 aromatic rings. The van der Waals surface area contributed by atoms with E-state index in [0.717, 1.165) is 90.7 Å². The molecule has 0 aliphatic heterocycles. The van der Waals surface area contributed by atoms with E-state index in [9.17, 15) is 0 Å². The van der Waals surface area contributed by atoms with Gasteiger partial charge in [0.15, 0.2) is 5.82 Å². The second kappa shape index (κ2) is 9.92. The Hall–Kier alpha value is -5.74. The van der Waals surface area contributed by atoms with Gasteiger partial charge in [0.2, 0.25) is 0 Å². The van der Waals surface area contributed by atoms with Crippen LogP contribution in [0.4, 0.5) is 0 Å². The van der Waals surface area contributed by atoms with E-state index in [0.29, 0.717) is 5.82 Å². The summed E-state index contributed by atoms with van der Waals surface area (Å²) in [6.07, 6.45) is 6.35. The van der Waals surface area contributed by atoms with Crippen molar-refractivity contribution < 1.29 is 8.83 Å². The maximum Gasteiger partial charge on any atom is 0.160 e. The van der Waals surface area contributed by atoms with Crippen molar-refractivity contribution in [2.24, 2.45) is 0 Å². The largest absolute Gasteiger partial charge is 0.460 e. The summed E-state index contributed by atoms with van der Waals surface area (Å²) in [5.41, 5.74) is 10.7. The van der Waals surface area contributed by atoms with Crippen LogP contribution in [-0.2, 0) is 6.42 Å². The van der Waals surface area contributed by atoms with Gasteiger partial charge in [-0.3, -0.25) is 0 Å². The van der Waals surface area contributed by atoms with Crippen molar-refractivity contribution in [3.8, 4) is 45.0 Å². The van der Waals surface area contributed by atoms with Crippen LogP contribution in [-0.4, -0.2) is 9.97 Å². The molecule has 5 aromatic carbocycles. The number of aryl methyl sites for hydroxylation is 1.